The van der Waals surface area contributed by atoms with E-state index in [0.717, 1.165) is 30.7 Å². The second-order valence-electron chi connectivity index (χ2n) is 5.08. The van der Waals surface area contributed by atoms with Crippen molar-refractivity contribution in [1.29, 1.82) is 0 Å². The smallest absolute Gasteiger partial charge is 0.218 e. The van der Waals surface area contributed by atoms with Crippen LogP contribution in [0.1, 0.15) is 18.4 Å². The molecule has 1 aromatic rings. The Morgan fingerprint density at radius 1 is 1.40 bits per heavy atom. The van der Waals surface area contributed by atoms with Crippen molar-refractivity contribution in [2.45, 2.75) is 24.6 Å². The number of sulfonamides is 1. The summed E-state index contributed by atoms with van der Waals surface area (Å²) in [4.78, 5) is 0. The first kappa shape index (κ1) is 15.3. The molecule has 1 unspecified atom stereocenters. The van der Waals surface area contributed by atoms with Crippen LogP contribution in [-0.2, 0) is 16.6 Å². The molecule has 0 amide bonds. The molecule has 5 nitrogen and oxygen atoms in total. The second-order valence-corrected chi connectivity index (χ2v) is 7.40. The molecule has 0 aliphatic carbocycles. The third-order valence-electron chi connectivity index (χ3n) is 3.69. The van der Waals surface area contributed by atoms with E-state index >= 15 is 0 Å². The van der Waals surface area contributed by atoms with E-state index in [0.29, 0.717) is 13.1 Å². The number of hydrogen-bond acceptors (Lipinski definition) is 4. The average molecular weight is 298 g/mol. The maximum absolute atomic E-state index is 12.5. The number of benzene rings is 1. The molecule has 0 aromatic heterocycles. The minimum absolute atomic E-state index is 0.323. The fraction of sp³-hybridized carbons (Fsp3) is 0.571. The van der Waals surface area contributed by atoms with Crippen molar-refractivity contribution in [3.63, 3.8) is 0 Å². The molecular formula is C14H22N2O3S. The monoisotopic (exact) mass is 298 g/mol. The summed E-state index contributed by atoms with van der Waals surface area (Å²) in [6, 6.07) is 7.50. The van der Waals surface area contributed by atoms with Gasteiger partial charge in [-0.25, -0.2) is 12.7 Å². The van der Waals surface area contributed by atoms with Gasteiger partial charge in [0.1, 0.15) is 5.75 Å². The lowest BCUT2D eigenvalue weighted by molar-refractivity contribution is 0.393. The lowest BCUT2D eigenvalue weighted by Gasteiger charge is -2.28. The van der Waals surface area contributed by atoms with E-state index < -0.39 is 10.0 Å². The van der Waals surface area contributed by atoms with Crippen molar-refractivity contribution in [2.24, 2.45) is 0 Å². The summed E-state index contributed by atoms with van der Waals surface area (Å²) in [6.45, 7) is 1.78. The van der Waals surface area contributed by atoms with Crippen LogP contribution in [-0.4, -0.2) is 45.2 Å². The number of rotatable bonds is 5. The van der Waals surface area contributed by atoms with E-state index in [1.165, 1.54) is 4.31 Å². The molecule has 2 rings (SSSR count). The van der Waals surface area contributed by atoms with Crippen molar-refractivity contribution in [2.75, 3.05) is 27.2 Å². The van der Waals surface area contributed by atoms with E-state index in [-0.39, 0.29) is 5.25 Å². The van der Waals surface area contributed by atoms with Crippen LogP contribution in [0.3, 0.4) is 0 Å². The second kappa shape index (κ2) is 6.56. The van der Waals surface area contributed by atoms with Crippen LogP contribution < -0.4 is 10.1 Å². The van der Waals surface area contributed by atoms with Crippen molar-refractivity contribution < 1.29 is 13.2 Å². The van der Waals surface area contributed by atoms with Gasteiger partial charge in [0.2, 0.25) is 10.0 Å². The van der Waals surface area contributed by atoms with Gasteiger partial charge in [0.05, 0.1) is 12.4 Å². The fourth-order valence-corrected chi connectivity index (χ4v) is 4.11. The number of para-hydroxylation sites is 1. The molecule has 0 bridgehead atoms. The van der Waals surface area contributed by atoms with Gasteiger partial charge in [0, 0.05) is 25.7 Å². The van der Waals surface area contributed by atoms with Gasteiger partial charge in [-0.1, -0.05) is 18.2 Å². The molecule has 112 valence electrons. The lowest BCUT2D eigenvalue weighted by Crippen LogP contribution is -2.44. The van der Waals surface area contributed by atoms with E-state index in [9.17, 15) is 8.42 Å². The minimum atomic E-state index is -3.27. The number of nitrogens with one attached hydrogen (secondary N) is 1. The molecule has 6 heteroatoms. The summed E-state index contributed by atoms with van der Waals surface area (Å²) in [5, 5.41) is 2.83. The molecule has 1 saturated heterocycles. The third-order valence-corrected chi connectivity index (χ3v) is 5.94. The summed E-state index contributed by atoms with van der Waals surface area (Å²) in [5.74, 6) is 0.719. The molecule has 0 saturated carbocycles. The molecule has 1 atom stereocenters. The van der Waals surface area contributed by atoms with Crippen LogP contribution in [0, 0.1) is 0 Å². The normalized spacial score (nSPS) is 20.1. The Bertz CT molecular complexity index is 539. The highest BCUT2D eigenvalue weighted by Crippen LogP contribution is 2.22. The maximum atomic E-state index is 12.5. The molecular weight excluding hydrogens is 276 g/mol. The van der Waals surface area contributed by atoms with Crippen molar-refractivity contribution in [1.82, 2.24) is 9.62 Å². The largest absolute Gasteiger partial charge is 0.496 e. The maximum Gasteiger partial charge on any atom is 0.218 e. The molecule has 1 fully saturated rings. The van der Waals surface area contributed by atoms with Gasteiger partial charge in [-0.2, -0.15) is 0 Å². The van der Waals surface area contributed by atoms with Crippen LogP contribution in [0.15, 0.2) is 24.3 Å². The average Bonchev–Trinajstić information content (AvgIpc) is 2.48. The minimum Gasteiger partial charge on any atom is -0.496 e. The number of hydrogen-bond donors (Lipinski definition) is 1. The Hall–Kier alpha value is -1.11. The van der Waals surface area contributed by atoms with Crippen molar-refractivity contribution in [3.05, 3.63) is 29.8 Å². The standard InChI is InChI=1S/C14H22N2O3S/c1-16(11-12-6-3-4-8-14(12)19-2)20(17,18)13-7-5-9-15-10-13/h3-4,6,8,13,15H,5,7,9-11H2,1-2H3. The van der Waals surface area contributed by atoms with E-state index in [4.69, 9.17) is 4.74 Å². The predicted molar refractivity (Wildman–Crippen MR) is 79.3 cm³/mol. The highest BCUT2D eigenvalue weighted by atomic mass is 32.2. The summed E-state index contributed by atoms with van der Waals surface area (Å²) in [5.41, 5.74) is 0.879. The summed E-state index contributed by atoms with van der Waals surface area (Å²) < 4.78 is 31.8. The summed E-state index contributed by atoms with van der Waals surface area (Å²) >= 11 is 0. The molecule has 0 spiro atoms. The van der Waals surface area contributed by atoms with Gasteiger partial charge in [0.15, 0.2) is 0 Å². The van der Waals surface area contributed by atoms with Crippen molar-refractivity contribution >= 4 is 10.0 Å². The molecule has 1 aliphatic heterocycles. The Morgan fingerprint density at radius 2 is 2.15 bits per heavy atom. The Morgan fingerprint density at radius 3 is 2.80 bits per heavy atom. The number of piperidine rings is 1. The van der Waals surface area contributed by atoms with Crippen LogP contribution in [0.25, 0.3) is 0 Å². The first-order valence-corrected chi connectivity index (χ1v) is 8.34. The third kappa shape index (κ3) is 3.31. The zero-order chi connectivity index (χ0) is 14.6. The molecule has 1 aromatic carbocycles. The Labute approximate surface area is 121 Å². The van der Waals surface area contributed by atoms with Gasteiger partial charge in [0.25, 0.3) is 0 Å². The summed E-state index contributed by atoms with van der Waals surface area (Å²) in [6.07, 6.45) is 1.64. The number of nitrogens with zero attached hydrogens (tertiary/aromatic N) is 1. The Balaban J connectivity index is 2.12. The van der Waals surface area contributed by atoms with E-state index in [1.807, 2.05) is 24.3 Å². The first-order chi connectivity index (χ1) is 9.55. The molecule has 20 heavy (non-hydrogen) atoms. The number of ether oxygens (including phenoxy) is 1. The van der Waals surface area contributed by atoms with Crippen LogP contribution in [0.2, 0.25) is 0 Å². The predicted octanol–water partition coefficient (Wildman–Crippen LogP) is 1.21. The zero-order valence-electron chi connectivity index (χ0n) is 12.0. The van der Waals surface area contributed by atoms with Gasteiger partial charge in [-0.15, -0.1) is 0 Å². The van der Waals surface area contributed by atoms with Gasteiger partial charge in [-0.3, -0.25) is 0 Å². The fourth-order valence-electron chi connectivity index (χ4n) is 2.49. The quantitative estimate of drug-likeness (QED) is 0.887. The summed E-state index contributed by atoms with van der Waals surface area (Å²) in [7, 11) is -0.0390. The van der Waals surface area contributed by atoms with Gasteiger partial charge in [-0.05, 0) is 25.5 Å². The Kier molecular flexibility index (Phi) is 5.01. The SMILES string of the molecule is COc1ccccc1CN(C)S(=O)(=O)C1CCCNC1. The first-order valence-electron chi connectivity index (χ1n) is 6.83. The van der Waals surface area contributed by atoms with Crippen molar-refractivity contribution in [3.8, 4) is 5.75 Å². The molecule has 1 N–H and O–H groups in total. The zero-order valence-corrected chi connectivity index (χ0v) is 12.8. The lowest BCUT2D eigenvalue weighted by atomic mass is 10.2. The molecule has 1 heterocycles. The highest BCUT2D eigenvalue weighted by molar-refractivity contribution is 7.89. The van der Waals surface area contributed by atoms with E-state index in [2.05, 4.69) is 5.32 Å². The van der Waals surface area contributed by atoms with E-state index in [1.54, 1.807) is 14.2 Å². The highest BCUT2D eigenvalue weighted by Gasteiger charge is 2.31. The van der Waals surface area contributed by atoms with Crippen LogP contribution in [0.5, 0.6) is 5.75 Å². The van der Waals surface area contributed by atoms with Gasteiger partial charge < -0.3 is 10.1 Å². The van der Waals surface area contributed by atoms with Gasteiger partial charge >= 0.3 is 0 Å². The topological polar surface area (TPSA) is 58.6 Å². The van der Waals surface area contributed by atoms with Crippen LogP contribution >= 0.6 is 0 Å². The molecule has 0 radical (unpaired) electrons. The molecule has 1 aliphatic rings. The van der Waals surface area contributed by atoms with Crippen LogP contribution in [0.4, 0.5) is 0 Å². The number of methoxy groups -OCH3 is 1.